The fourth-order valence-electron chi connectivity index (χ4n) is 6.04. The lowest BCUT2D eigenvalue weighted by Crippen LogP contribution is -2.30. The zero-order valence-corrected chi connectivity index (χ0v) is 27.4. The van der Waals surface area contributed by atoms with Crippen LogP contribution < -0.4 is 10.1 Å². The molecule has 2 rings (SSSR count). The smallest absolute Gasteiger partial charge is 0.267 e. The van der Waals surface area contributed by atoms with Gasteiger partial charge in [0.2, 0.25) is 0 Å². The maximum atomic E-state index is 13.2. The first kappa shape index (κ1) is 34.9. The van der Waals surface area contributed by atoms with E-state index < -0.39 is 5.60 Å². The molecule has 0 fully saturated rings. The van der Waals surface area contributed by atoms with Crippen LogP contribution in [0.2, 0.25) is 0 Å². The van der Waals surface area contributed by atoms with Crippen molar-refractivity contribution in [2.45, 2.75) is 124 Å². The summed E-state index contributed by atoms with van der Waals surface area (Å²) >= 11 is 0. The molecule has 0 aliphatic rings. The number of aryl methyl sites for hydroxylation is 2. The van der Waals surface area contributed by atoms with E-state index >= 15 is 0 Å². The molecule has 6 heteroatoms. The van der Waals surface area contributed by atoms with Gasteiger partial charge in [-0.3, -0.25) is 4.79 Å². The molecule has 0 saturated carbocycles. The van der Waals surface area contributed by atoms with E-state index in [-0.39, 0.29) is 11.3 Å². The van der Waals surface area contributed by atoms with E-state index in [2.05, 4.69) is 101 Å². The van der Waals surface area contributed by atoms with E-state index in [1.165, 1.54) is 11.1 Å². The lowest BCUT2D eigenvalue weighted by Gasteiger charge is -2.32. The number of nitrogens with one attached hydrogen (secondary N) is 1. The first-order valence-corrected chi connectivity index (χ1v) is 16.3. The van der Waals surface area contributed by atoms with Gasteiger partial charge in [0.05, 0.1) is 12.2 Å². The molecule has 0 radical (unpaired) electrons. The molecule has 232 valence electrons. The van der Waals surface area contributed by atoms with Gasteiger partial charge in [-0.15, -0.1) is 0 Å². The third-order valence-corrected chi connectivity index (χ3v) is 9.40. The Morgan fingerprint density at radius 2 is 1.61 bits per heavy atom. The number of ether oxygens (including phenoxy) is 1. The van der Waals surface area contributed by atoms with Crippen molar-refractivity contribution < 1.29 is 14.6 Å². The Hall–Kier alpha value is -2.31. The van der Waals surface area contributed by atoms with Crippen LogP contribution in [0.4, 0.5) is 0 Å². The number of carbonyl (C=O) groups excluding carboxylic acids is 1. The number of rotatable bonds is 20. The largest absolute Gasteiger partial charge is 0.493 e. The third-order valence-electron chi connectivity index (χ3n) is 9.40. The summed E-state index contributed by atoms with van der Waals surface area (Å²) in [7, 11) is 0. The summed E-state index contributed by atoms with van der Waals surface area (Å²) in [6, 6.07) is 8.70. The molecule has 0 aliphatic carbocycles. The molecule has 1 amide bonds. The van der Waals surface area contributed by atoms with Crippen LogP contribution in [-0.2, 0) is 12.0 Å². The monoisotopic (exact) mass is 569 g/mol. The average Bonchev–Trinajstić information content (AvgIpc) is 3.43. The van der Waals surface area contributed by atoms with Crippen molar-refractivity contribution >= 4 is 5.91 Å². The fourth-order valence-corrected chi connectivity index (χ4v) is 6.04. The number of nitrogens with zero attached hydrogens (tertiary/aromatic N) is 2. The molecule has 1 aromatic heterocycles. The number of aromatic nitrogens is 1. The first-order chi connectivity index (χ1) is 19.7. The standard InChI is InChI=1S/C35H59N3O3/c1-9-34(40,10-2)21-16-17-24-41-32-20-19-29(25-28(32)8)35(11-3,12-4)30-26-31(38(15-7)27-30)33(39)36-22-18-23-37(13-5)14-6/h19-20,25-27,40H,9-18,21-24H2,1-8H3,(H,36,39). The predicted molar refractivity (Wildman–Crippen MR) is 172 cm³/mol. The van der Waals surface area contributed by atoms with Crippen LogP contribution >= 0.6 is 0 Å². The van der Waals surface area contributed by atoms with Gasteiger partial charge in [0.1, 0.15) is 11.4 Å². The van der Waals surface area contributed by atoms with E-state index in [1.54, 1.807) is 0 Å². The highest BCUT2D eigenvalue weighted by Gasteiger charge is 2.33. The van der Waals surface area contributed by atoms with Gasteiger partial charge in [0.25, 0.3) is 5.91 Å². The second kappa shape index (κ2) is 17.0. The minimum atomic E-state index is -0.538. The lowest BCUT2D eigenvalue weighted by atomic mass is 9.71. The van der Waals surface area contributed by atoms with Crippen LogP contribution in [0.3, 0.4) is 0 Å². The first-order valence-electron chi connectivity index (χ1n) is 16.3. The molecule has 6 nitrogen and oxygen atoms in total. The summed E-state index contributed by atoms with van der Waals surface area (Å²) in [4.78, 5) is 15.6. The molecular formula is C35H59N3O3. The van der Waals surface area contributed by atoms with Crippen LogP contribution in [0.15, 0.2) is 30.5 Å². The van der Waals surface area contributed by atoms with Gasteiger partial charge in [-0.05, 0) is 114 Å². The summed E-state index contributed by atoms with van der Waals surface area (Å²) in [6.07, 6.45) is 9.34. The quantitative estimate of drug-likeness (QED) is 0.162. The van der Waals surface area contributed by atoms with Gasteiger partial charge in [0, 0.05) is 24.7 Å². The van der Waals surface area contributed by atoms with E-state index in [4.69, 9.17) is 4.74 Å². The minimum Gasteiger partial charge on any atom is -0.493 e. The van der Waals surface area contributed by atoms with E-state index in [1.807, 2.05) is 0 Å². The predicted octanol–water partition coefficient (Wildman–Crippen LogP) is 7.48. The zero-order valence-electron chi connectivity index (χ0n) is 27.4. The summed E-state index contributed by atoms with van der Waals surface area (Å²) in [6.45, 7) is 22.4. The Morgan fingerprint density at radius 1 is 0.927 bits per heavy atom. The zero-order chi connectivity index (χ0) is 30.5. The van der Waals surface area contributed by atoms with Crippen LogP contribution in [0.5, 0.6) is 5.75 Å². The number of unbranched alkanes of at least 4 members (excludes halogenated alkanes) is 1. The fraction of sp³-hybridized carbons (Fsp3) is 0.686. The molecule has 0 spiro atoms. The highest BCUT2D eigenvalue weighted by Crippen LogP contribution is 2.41. The van der Waals surface area contributed by atoms with Gasteiger partial charge in [0.15, 0.2) is 0 Å². The molecule has 0 bridgehead atoms. The van der Waals surface area contributed by atoms with Crippen LogP contribution in [0.1, 0.15) is 127 Å². The van der Waals surface area contributed by atoms with Crippen molar-refractivity contribution in [3.05, 3.63) is 52.8 Å². The Balaban J connectivity index is 2.15. The van der Waals surface area contributed by atoms with Crippen molar-refractivity contribution in [2.24, 2.45) is 0 Å². The molecule has 0 unspecified atom stereocenters. The molecule has 1 aromatic carbocycles. The maximum absolute atomic E-state index is 13.2. The van der Waals surface area contributed by atoms with Crippen molar-refractivity contribution in [1.82, 2.24) is 14.8 Å². The van der Waals surface area contributed by atoms with Gasteiger partial charge in [-0.25, -0.2) is 0 Å². The molecule has 2 N–H and O–H groups in total. The molecule has 2 aromatic rings. The molecular weight excluding hydrogens is 510 g/mol. The third kappa shape index (κ3) is 9.09. The molecule has 41 heavy (non-hydrogen) atoms. The normalized spacial score (nSPS) is 12.2. The highest BCUT2D eigenvalue weighted by atomic mass is 16.5. The molecule has 0 atom stereocenters. The number of benzene rings is 1. The van der Waals surface area contributed by atoms with Crippen molar-refractivity contribution in [1.29, 1.82) is 0 Å². The van der Waals surface area contributed by atoms with Crippen molar-refractivity contribution in [2.75, 3.05) is 32.8 Å². The van der Waals surface area contributed by atoms with Crippen molar-refractivity contribution in [3.8, 4) is 5.75 Å². The van der Waals surface area contributed by atoms with Crippen LogP contribution in [-0.4, -0.2) is 58.9 Å². The summed E-state index contributed by atoms with van der Waals surface area (Å²) in [5, 5.41) is 13.7. The maximum Gasteiger partial charge on any atom is 0.267 e. The van der Waals surface area contributed by atoms with Crippen LogP contribution in [0, 0.1) is 6.92 Å². The summed E-state index contributed by atoms with van der Waals surface area (Å²) in [5.74, 6) is 0.932. The summed E-state index contributed by atoms with van der Waals surface area (Å²) < 4.78 is 8.26. The number of hydrogen-bond donors (Lipinski definition) is 2. The van der Waals surface area contributed by atoms with Gasteiger partial charge in [-0.2, -0.15) is 0 Å². The lowest BCUT2D eigenvalue weighted by molar-refractivity contribution is 0.0204. The van der Waals surface area contributed by atoms with Gasteiger partial charge in [-0.1, -0.05) is 53.7 Å². The molecule has 0 saturated heterocycles. The Bertz CT molecular complexity index is 1050. The number of hydrogen-bond acceptors (Lipinski definition) is 4. The van der Waals surface area contributed by atoms with E-state index in [0.717, 1.165) is 94.6 Å². The number of amides is 1. The SMILES string of the molecule is CCN(CC)CCCNC(=O)c1cc(C(CC)(CC)c2ccc(OCCCCC(O)(CC)CC)c(C)c2)cn1CC. The Morgan fingerprint density at radius 3 is 2.17 bits per heavy atom. The minimum absolute atomic E-state index is 0.00925. The molecule has 0 aliphatic heterocycles. The van der Waals surface area contributed by atoms with Gasteiger partial charge >= 0.3 is 0 Å². The number of carbonyl (C=O) groups is 1. The van der Waals surface area contributed by atoms with Crippen LogP contribution in [0.25, 0.3) is 0 Å². The van der Waals surface area contributed by atoms with E-state index in [0.29, 0.717) is 13.2 Å². The number of aliphatic hydroxyl groups is 1. The molecule has 1 heterocycles. The summed E-state index contributed by atoms with van der Waals surface area (Å²) in [5.41, 5.74) is 3.63. The average molecular weight is 570 g/mol. The van der Waals surface area contributed by atoms with Gasteiger partial charge < -0.3 is 24.6 Å². The second-order valence-electron chi connectivity index (χ2n) is 11.5. The topological polar surface area (TPSA) is 66.7 Å². The Kier molecular flexibility index (Phi) is 14.4. The Labute approximate surface area is 250 Å². The van der Waals surface area contributed by atoms with Crippen molar-refractivity contribution in [3.63, 3.8) is 0 Å². The highest BCUT2D eigenvalue weighted by molar-refractivity contribution is 5.93. The van der Waals surface area contributed by atoms with E-state index in [9.17, 15) is 9.90 Å². The second-order valence-corrected chi connectivity index (χ2v) is 11.5.